The molecular formula is C12H15NO3. The summed E-state index contributed by atoms with van der Waals surface area (Å²) in [6.45, 7) is 0.310. The number of nitrogens with one attached hydrogen (secondary N) is 1. The molecule has 1 aliphatic heterocycles. The molecule has 4 heteroatoms. The largest absolute Gasteiger partial charge is 0.460 e. The number of hydrogen-bond acceptors (Lipinski definition) is 4. The monoisotopic (exact) mass is 221 g/mol. The van der Waals surface area contributed by atoms with Crippen molar-refractivity contribution in [1.82, 2.24) is 5.32 Å². The minimum Gasteiger partial charge on any atom is -0.460 e. The van der Waals surface area contributed by atoms with E-state index in [4.69, 9.17) is 4.74 Å². The molecule has 0 unspecified atom stereocenters. The fourth-order valence-corrected chi connectivity index (χ4v) is 1.76. The SMILES string of the molecule is O=C(OC[C@@H]1CC[C@H](O)N1)c1ccccc1. The number of aliphatic hydroxyl groups is 1. The molecule has 4 nitrogen and oxygen atoms in total. The van der Waals surface area contributed by atoms with Crippen LogP contribution in [0, 0.1) is 0 Å². The van der Waals surface area contributed by atoms with E-state index in [1.807, 2.05) is 6.07 Å². The summed E-state index contributed by atoms with van der Waals surface area (Å²) < 4.78 is 5.15. The molecule has 0 bridgehead atoms. The third kappa shape index (κ3) is 2.81. The lowest BCUT2D eigenvalue weighted by Crippen LogP contribution is -2.33. The Morgan fingerprint density at radius 3 is 2.75 bits per heavy atom. The number of carbonyl (C=O) groups excluding carboxylic acids is 1. The van der Waals surface area contributed by atoms with E-state index >= 15 is 0 Å². The average molecular weight is 221 g/mol. The highest BCUT2D eigenvalue weighted by atomic mass is 16.5. The summed E-state index contributed by atoms with van der Waals surface area (Å²) in [7, 11) is 0. The van der Waals surface area contributed by atoms with Crippen molar-refractivity contribution >= 4 is 5.97 Å². The summed E-state index contributed by atoms with van der Waals surface area (Å²) in [5.74, 6) is -0.316. The second-order valence-corrected chi connectivity index (χ2v) is 3.92. The van der Waals surface area contributed by atoms with Crippen molar-refractivity contribution in [3.05, 3.63) is 35.9 Å². The first-order valence-electron chi connectivity index (χ1n) is 5.42. The molecule has 1 heterocycles. The molecule has 0 amide bonds. The van der Waals surface area contributed by atoms with Crippen molar-refractivity contribution in [1.29, 1.82) is 0 Å². The number of carbonyl (C=O) groups is 1. The summed E-state index contributed by atoms with van der Waals surface area (Å²) in [4.78, 5) is 11.6. The summed E-state index contributed by atoms with van der Waals surface area (Å²) in [5.41, 5.74) is 0.557. The van der Waals surface area contributed by atoms with Gasteiger partial charge in [-0.1, -0.05) is 18.2 Å². The Labute approximate surface area is 94.2 Å². The summed E-state index contributed by atoms with van der Waals surface area (Å²) >= 11 is 0. The zero-order valence-corrected chi connectivity index (χ0v) is 8.93. The van der Waals surface area contributed by atoms with Gasteiger partial charge in [-0.25, -0.2) is 4.79 Å². The summed E-state index contributed by atoms with van der Waals surface area (Å²) in [6, 6.07) is 8.97. The highest BCUT2D eigenvalue weighted by Gasteiger charge is 2.22. The highest BCUT2D eigenvalue weighted by molar-refractivity contribution is 5.89. The van der Waals surface area contributed by atoms with Crippen LogP contribution in [0.3, 0.4) is 0 Å². The van der Waals surface area contributed by atoms with Gasteiger partial charge in [0.25, 0.3) is 0 Å². The molecule has 1 aromatic rings. The molecule has 2 N–H and O–H groups in total. The van der Waals surface area contributed by atoms with Gasteiger partial charge < -0.3 is 9.84 Å². The van der Waals surface area contributed by atoms with Gasteiger partial charge in [0.15, 0.2) is 0 Å². The van der Waals surface area contributed by atoms with Crippen LogP contribution in [0.4, 0.5) is 0 Å². The van der Waals surface area contributed by atoms with E-state index in [0.717, 1.165) is 6.42 Å². The van der Waals surface area contributed by atoms with Crippen molar-refractivity contribution in [3.63, 3.8) is 0 Å². The number of benzene rings is 1. The molecule has 86 valence electrons. The predicted molar refractivity (Wildman–Crippen MR) is 58.9 cm³/mol. The van der Waals surface area contributed by atoms with Crippen LogP contribution in [-0.4, -0.2) is 30.0 Å². The standard InChI is InChI=1S/C12H15NO3/c14-11-7-6-10(13-11)8-16-12(15)9-4-2-1-3-5-9/h1-5,10-11,13-14H,6-8H2/t10-,11-/m0/s1. The van der Waals surface area contributed by atoms with Crippen molar-refractivity contribution in [2.24, 2.45) is 0 Å². The van der Waals surface area contributed by atoms with E-state index in [-0.39, 0.29) is 12.0 Å². The fourth-order valence-electron chi connectivity index (χ4n) is 1.76. The Balaban J connectivity index is 1.80. The fraction of sp³-hybridized carbons (Fsp3) is 0.417. The zero-order chi connectivity index (χ0) is 11.4. The van der Waals surface area contributed by atoms with E-state index in [2.05, 4.69) is 5.32 Å². The molecule has 0 aliphatic carbocycles. The summed E-state index contributed by atoms with van der Waals surface area (Å²) in [6.07, 6.45) is 1.09. The van der Waals surface area contributed by atoms with Gasteiger partial charge in [-0.2, -0.15) is 0 Å². The Morgan fingerprint density at radius 2 is 2.12 bits per heavy atom. The van der Waals surface area contributed by atoms with Crippen molar-refractivity contribution in [2.75, 3.05) is 6.61 Å². The Bertz CT molecular complexity index is 353. The molecule has 0 spiro atoms. The molecule has 16 heavy (non-hydrogen) atoms. The first kappa shape index (κ1) is 11.1. The molecule has 1 fully saturated rings. The molecule has 1 aliphatic rings. The molecule has 1 aromatic carbocycles. The first-order chi connectivity index (χ1) is 7.75. The number of ether oxygens (including phenoxy) is 1. The van der Waals surface area contributed by atoms with E-state index in [9.17, 15) is 9.90 Å². The smallest absolute Gasteiger partial charge is 0.338 e. The minimum atomic E-state index is -0.458. The van der Waals surface area contributed by atoms with E-state index in [1.165, 1.54) is 0 Å². The Kier molecular flexibility index (Phi) is 3.54. The number of hydrogen-bond donors (Lipinski definition) is 2. The molecule has 1 saturated heterocycles. The molecule has 2 atom stereocenters. The quantitative estimate of drug-likeness (QED) is 0.745. The van der Waals surface area contributed by atoms with E-state index in [0.29, 0.717) is 18.6 Å². The first-order valence-corrected chi connectivity index (χ1v) is 5.42. The van der Waals surface area contributed by atoms with Crippen molar-refractivity contribution in [3.8, 4) is 0 Å². The van der Waals surface area contributed by atoms with Gasteiger partial charge in [0.2, 0.25) is 0 Å². The third-order valence-electron chi connectivity index (χ3n) is 2.64. The zero-order valence-electron chi connectivity index (χ0n) is 8.93. The molecule has 0 radical (unpaired) electrons. The Hall–Kier alpha value is -1.39. The maximum atomic E-state index is 11.6. The van der Waals surface area contributed by atoms with E-state index in [1.54, 1.807) is 24.3 Å². The molecule has 2 rings (SSSR count). The van der Waals surface area contributed by atoms with Gasteiger partial charge in [-0.05, 0) is 25.0 Å². The number of rotatable bonds is 3. The van der Waals surface area contributed by atoms with Crippen LogP contribution in [-0.2, 0) is 4.74 Å². The van der Waals surface area contributed by atoms with Crippen LogP contribution in [0.2, 0.25) is 0 Å². The van der Waals surface area contributed by atoms with Gasteiger partial charge in [0.1, 0.15) is 12.8 Å². The van der Waals surface area contributed by atoms with Crippen LogP contribution in [0.5, 0.6) is 0 Å². The van der Waals surface area contributed by atoms with Crippen LogP contribution in [0.1, 0.15) is 23.2 Å². The minimum absolute atomic E-state index is 0.0719. The maximum Gasteiger partial charge on any atom is 0.338 e. The normalized spacial score (nSPS) is 24.3. The number of aliphatic hydroxyl groups excluding tert-OH is 1. The van der Waals surface area contributed by atoms with Crippen molar-refractivity contribution < 1.29 is 14.6 Å². The second kappa shape index (κ2) is 5.09. The average Bonchev–Trinajstić information content (AvgIpc) is 2.73. The van der Waals surface area contributed by atoms with Gasteiger partial charge >= 0.3 is 5.97 Å². The van der Waals surface area contributed by atoms with Gasteiger partial charge in [0, 0.05) is 6.04 Å². The topological polar surface area (TPSA) is 58.6 Å². The van der Waals surface area contributed by atoms with E-state index < -0.39 is 6.23 Å². The highest BCUT2D eigenvalue weighted by Crippen LogP contribution is 2.11. The van der Waals surface area contributed by atoms with Gasteiger partial charge in [-0.15, -0.1) is 0 Å². The molecule has 0 aromatic heterocycles. The second-order valence-electron chi connectivity index (χ2n) is 3.92. The third-order valence-corrected chi connectivity index (χ3v) is 2.64. The molecule has 0 saturated carbocycles. The van der Waals surface area contributed by atoms with Gasteiger partial charge in [-0.3, -0.25) is 5.32 Å². The lowest BCUT2D eigenvalue weighted by atomic mass is 10.2. The lowest BCUT2D eigenvalue weighted by Gasteiger charge is -2.11. The predicted octanol–water partition coefficient (Wildman–Crippen LogP) is 0.914. The summed E-state index contributed by atoms with van der Waals surface area (Å²) in [5, 5.41) is 12.2. The van der Waals surface area contributed by atoms with Crippen LogP contribution in [0.15, 0.2) is 30.3 Å². The van der Waals surface area contributed by atoms with Crippen LogP contribution in [0.25, 0.3) is 0 Å². The van der Waals surface area contributed by atoms with Gasteiger partial charge in [0.05, 0.1) is 5.56 Å². The maximum absolute atomic E-state index is 11.6. The van der Waals surface area contributed by atoms with Crippen LogP contribution >= 0.6 is 0 Å². The number of esters is 1. The van der Waals surface area contributed by atoms with Crippen molar-refractivity contribution in [2.45, 2.75) is 25.1 Å². The Morgan fingerprint density at radius 1 is 1.38 bits per heavy atom. The lowest BCUT2D eigenvalue weighted by molar-refractivity contribution is 0.0456. The van der Waals surface area contributed by atoms with Crippen LogP contribution < -0.4 is 5.32 Å². The molecular weight excluding hydrogens is 206 g/mol.